The fourth-order valence-electron chi connectivity index (χ4n) is 5.07. The van der Waals surface area contributed by atoms with Crippen LogP contribution in [0.25, 0.3) is 5.52 Å². The van der Waals surface area contributed by atoms with Crippen LogP contribution < -0.4 is 11.3 Å². The first-order chi connectivity index (χ1) is 16.6. The molecule has 0 fully saturated rings. The average Bonchev–Trinajstić information content (AvgIpc) is 3.27. The van der Waals surface area contributed by atoms with E-state index in [1.165, 1.54) is 0 Å². The van der Waals surface area contributed by atoms with Gasteiger partial charge in [-0.2, -0.15) is 0 Å². The maximum absolute atomic E-state index is 12.6. The molecule has 0 aromatic carbocycles. The van der Waals surface area contributed by atoms with Gasteiger partial charge in [-0.05, 0) is 68.7 Å². The van der Waals surface area contributed by atoms with Gasteiger partial charge in [-0.3, -0.25) is 9.59 Å². The minimum atomic E-state index is -0.626. The fraction of sp³-hybridized carbons (Fsp3) is 0.357. The Balaban J connectivity index is 1.54. The first-order valence-corrected chi connectivity index (χ1v) is 11.8. The standard InChI is InChI=1S/C28H33N3O4/c1-17-12-18(2)30-27(33)24(17)15-28(34-5)10-6-8-21(14-28)16-35-20(4)25-19(3)23(26(29)32)13-22-9-7-11-31(22)25/h6-13,20H,14-16H2,1-5H3,(H2,29,32)(H,30,33). The van der Waals surface area contributed by atoms with E-state index in [-0.39, 0.29) is 11.7 Å². The molecule has 0 bridgehead atoms. The van der Waals surface area contributed by atoms with Crippen LogP contribution in [-0.2, 0) is 15.9 Å². The van der Waals surface area contributed by atoms with Gasteiger partial charge in [0.2, 0.25) is 5.91 Å². The third kappa shape index (κ3) is 4.88. The molecule has 2 atom stereocenters. The molecular formula is C28H33N3O4. The van der Waals surface area contributed by atoms with Crippen molar-refractivity contribution in [2.24, 2.45) is 5.73 Å². The number of pyridine rings is 2. The van der Waals surface area contributed by atoms with E-state index in [4.69, 9.17) is 15.2 Å². The highest BCUT2D eigenvalue weighted by Crippen LogP contribution is 2.32. The molecule has 3 aromatic heterocycles. The lowest BCUT2D eigenvalue weighted by Crippen LogP contribution is -2.37. The van der Waals surface area contributed by atoms with Crippen molar-refractivity contribution in [2.75, 3.05) is 13.7 Å². The summed E-state index contributed by atoms with van der Waals surface area (Å²) in [5.41, 5.74) is 11.6. The first kappa shape index (κ1) is 24.7. The van der Waals surface area contributed by atoms with Gasteiger partial charge in [0.05, 0.1) is 24.0 Å². The van der Waals surface area contributed by atoms with Crippen LogP contribution in [-0.4, -0.2) is 34.6 Å². The Morgan fingerprint density at radius 3 is 2.74 bits per heavy atom. The molecule has 2 unspecified atom stereocenters. The summed E-state index contributed by atoms with van der Waals surface area (Å²) < 4.78 is 14.3. The number of carbonyl (C=O) groups excluding carboxylic acids is 1. The number of primary amides is 1. The van der Waals surface area contributed by atoms with Crippen molar-refractivity contribution in [3.8, 4) is 0 Å². The van der Waals surface area contributed by atoms with E-state index in [2.05, 4.69) is 4.98 Å². The normalized spacial score (nSPS) is 18.6. The van der Waals surface area contributed by atoms with Gasteiger partial charge in [-0.1, -0.05) is 18.2 Å². The third-order valence-electron chi connectivity index (χ3n) is 6.92. The predicted molar refractivity (Wildman–Crippen MR) is 137 cm³/mol. The summed E-state index contributed by atoms with van der Waals surface area (Å²) in [6.45, 7) is 8.11. The molecule has 7 heteroatoms. The highest BCUT2D eigenvalue weighted by Gasteiger charge is 2.32. The maximum atomic E-state index is 12.6. The number of rotatable bonds is 8. The number of carbonyl (C=O) groups is 1. The Morgan fingerprint density at radius 2 is 2.06 bits per heavy atom. The zero-order valence-electron chi connectivity index (χ0n) is 21.0. The van der Waals surface area contributed by atoms with E-state index in [0.29, 0.717) is 25.0 Å². The summed E-state index contributed by atoms with van der Waals surface area (Å²) in [4.78, 5) is 27.5. The van der Waals surface area contributed by atoms with Crippen molar-refractivity contribution in [1.29, 1.82) is 0 Å². The molecule has 0 radical (unpaired) electrons. The summed E-state index contributed by atoms with van der Waals surface area (Å²) in [5, 5.41) is 0. The van der Waals surface area contributed by atoms with Crippen molar-refractivity contribution >= 4 is 11.4 Å². The molecule has 184 valence electrons. The number of nitrogens with zero attached hydrogens (tertiary/aromatic N) is 1. The quantitative estimate of drug-likeness (QED) is 0.509. The lowest BCUT2D eigenvalue weighted by molar-refractivity contribution is 0.0221. The predicted octanol–water partition coefficient (Wildman–Crippen LogP) is 4.24. The summed E-state index contributed by atoms with van der Waals surface area (Å²) in [5.74, 6) is -0.453. The van der Waals surface area contributed by atoms with Crippen LogP contribution in [0.1, 0.15) is 57.9 Å². The largest absolute Gasteiger partial charge is 0.373 e. The maximum Gasteiger partial charge on any atom is 0.251 e. The highest BCUT2D eigenvalue weighted by molar-refractivity contribution is 5.95. The molecular weight excluding hydrogens is 442 g/mol. The van der Waals surface area contributed by atoms with E-state index in [0.717, 1.165) is 39.2 Å². The lowest BCUT2D eigenvalue weighted by atomic mass is 9.83. The lowest BCUT2D eigenvalue weighted by Gasteiger charge is -2.33. The second kappa shape index (κ2) is 9.68. The van der Waals surface area contributed by atoms with Gasteiger partial charge in [0.1, 0.15) is 0 Å². The molecule has 35 heavy (non-hydrogen) atoms. The fourth-order valence-corrected chi connectivity index (χ4v) is 5.07. The summed E-state index contributed by atoms with van der Waals surface area (Å²) in [6.07, 6.45) is 8.78. The van der Waals surface area contributed by atoms with Gasteiger partial charge < -0.3 is 24.6 Å². The Hall–Kier alpha value is -3.42. The number of hydrogen-bond donors (Lipinski definition) is 2. The van der Waals surface area contributed by atoms with Gasteiger partial charge in [-0.25, -0.2) is 0 Å². The summed E-state index contributed by atoms with van der Waals surface area (Å²) in [6, 6.07) is 7.67. The number of aryl methyl sites for hydroxylation is 2. The highest BCUT2D eigenvalue weighted by atomic mass is 16.5. The van der Waals surface area contributed by atoms with Gasteiger partial charge in [0, 0.05) is 48.5 Å². The van der Waals surface area contributed by atoms with Crippen LogP contribution in [0.5, 0.6) is 0 Å². The molecule has 3 heterocycles. The van der Waals surface area contributed by atoms with Crippen molar-refractivity contribution in [1.82, 2.24) is 9.38 Å². The van der Waals surface area contributed by atoms with Gasteiger partial charge in [0.15, 0.2) is 0 Å². The number of H-pyrrole nitrogens is 1. The number of fused-ring (bicyclic) bond motifs is 1. The van der Waals surface area contributed by atoms with Crippen LogP contribution in [0, 0.1) is 20.8 Å². The molecule has 0 saturated carbocycles. The molecule has 0 saturated heterocycles. The Kier molecular flexibility index (Phi) is 6.83. The second-order valence-corrected chi connectivity index (χ2v) is 9.44. The molecule has 1 aliphatic carbocycles. The molecule has 1 aliphatic rings. The van der Waals surface area contributed by atoms with Gasteiger partial charge in [0.25, 0.3) is 5.56 Å². The number of ether oxygens (including phenoxy) is 2. The molecule has 3 N–H and O–H groups in total. The second-order valence-electron chi connectivity index (χ2n) is 9.44. The molecule has 0 aliphatic heterocycles. The van der Waals surface area contributed by atoms with Crippen LogP contribution in [0.4, 0.5) is 0 Å². The smallest absolute Gasteiger partial charge is 0.251 e. The SMILES string of the molecule is COC1(Cc2c(C)cc(C)[nH]c2=O)C=CC=C(COC(C)c2c(C)c(C(N)=O)cc3cccn23)C1. The number of aromatic amines is 1. The monoisotopic (exact) mass is 475 g/mol. The Bertz CT molecular complexity index is 1400. The van der Waals surface area contributed by atoms with Gasteiger partial charge in [-0.15, -0.1) is 0 Å². The Morgan fingerprint density at radius 1 is 1.29 bits per heavy atom. The summed E-state index contributed by atoms with van der Waals surface area (Å²) >= 11 is 0. The molecule has 1 amide bonds. The van der Waals surface area contributed by atoms with E-state index < -0.39 is 11.5 Å². The van der Waals surface area contributed by atoms with Crippen LogP contribution in [0.2, 0.25) is 0 Å². The van der Waals surface area contributed by atoms with E-state index in [1.54, 1.807) is 7.11 Å². The van der Waals surface area contributed by atoms with Crippen molar-refractivity contribution < 1.29 is 14.3 Å². The van der Waals surface area contributed by atoms with Crippen molar-refractivity contribution in [3.05, 3.63) is 98.3 Å². The van der Waals surface area contributed by atoms with Crippen LogP contribution in [0.3, 0.4) is 0 Å². The zero-order valence-corrected chi connectivity index (χ0v) is 21.0. The van der Waals surface area contributed by atoms with E-state index in [1.807, 2.05) is 80.8 Å². The number of hydrogen-bond acceptors (Lipinski definition) is 4. The molecule has 0 spiro atoms. The number of nitrogens with two attached hydrogens (primary N) is 1. The van der Waals surface area contributed by atoms with Crippen molar-refractivity contribution in [3.63, 3.8) is 0 Å². The van der Waals surface area contributed by atoms with E-state index >= 15 is 0 Å². The number of aromatic nitrogens is 2. The van der Waals surface area contributed by atoms with Crippen LogP contribution in [0.15, 0.2) is 59.1 Å². The number of nitrogens with one attached hydrogen (secondary N) is 1. The molecule has 3 aromatic rings. The molecule has 4 rings (SSSR count). The first-order valence-electron chi connectivity index (χ1n) is 11.8. The average molecular weight is 476 g/mol. The Labute approximate surface area is 205 Å². The topological polar surface area (TPSA) is 98.8 Å². The number of methoxy groups -OCH3 is 1. The van der Waals surface area contributed by atoms with Crippen molar-refractivity contribution in [2.45, 2.75) is 52.2 Å². The minimum Gasteiger partial charge on any atom is -0.373 e. The van der Waals surface area contributed by atoms with Crippen LogP contribution >= 0.6 is 0 Å². The minimum absolute atomic E-state index is 0.0751. The van der Waals surface area contributed by atoms with E-state index in [9.17, 15) is 9.59 Å². The summed E-state index contributed by atoms with van der Waals surface area (Å²) in [7, 11) is 1.68. The number of allylic oxidation sites excluding steroid dienone is 2. The zero-order chi connectivity index (χ0) is 25.3. The third-order valence-corrected chi connectivity index (χ3v) is 6.92. The van der Waals surface area contributed by atoms with Gasteiger partial charge >= 0.3 is 0 Å². The molecule has 7 nitrogen and oxygen atoms in total. The number of amides is 1.